The molecule has 78 valence electrons. The molecule has 0 fully saturated rings. The monoisotopic (exact) mass is 208 g/mol. The molecule has 1 aromatic carbocycles. The van der Waals surface area contributed by atoms with E-state index in [-0.39, 0.29) is 12.0 Å². The van der Waals surface area contributed by atoms with Gasteiger partial charge in [0.05, 0.1) is 12.7 Å². The zero-order valence-corrected chi connectivity index (χ0v) is 8.08. The number of hydrogen-bond donors (Lipinski definition) is 1. The number of carbonyl (C=O) groups excluding carboxylic acids is 1. The number of benzene rings is 1. The van der Waals surface area contributed by atoms with Gasteiger partial charge in [-0.05, 0) is 12.1 Å². The summed E-state index contributed by atoms with van der Waals surface area (Å²) in [7, 11) is 1.25. The molecule has 0 spiro atoms. The average Bonchev–Trinajstić information content (AvgIpc) is 2.24. The fourth-order valence-electron chi connectivity index (χ4n) is 0.900. The van der Waals surface area contributed by atoms with E-state index in [2.05, 4.69) is 16.6 Å². The summed E-state index contributed by atoms with van der Waals surface area (Å²) in [4.78, 5) is 10.7. The van der Waals surface area contributed by atoms with Crippen LogP contribution in [0.3, 0.4) is 0 Å². The molecule has 3 nitrogen and oxygen atoms in total. The number of phenols is 1. The molecule has 0 atom stereocenters. The van der Waals surface area contributed by atoms with Gasteiger partial charge in [-0.15, -0.1) is 0 Å². The Morgan fingerprint density at radius 2 is 2.33 bits per heavy atom. The molecule has 0 saturated carbocycles. The third kappa shape index (κ3) is 2.99. The van der Waals surface area contributed by atoms with Gasteiger partial charge in [-0.1, -0.05) is 17.9 Å². The SMILES string of the molecule is COC(=O)CC#Cc1cccc(F)c1O. The summed E-state index contributed by atoms with van der Waals surface area (Å²) in [5.74, 6) is 3.23. The summed E-state index contributed by atoms with van der Waals surface area (Å²) < 4.78 is 17.2. The maximum atomic E-state index is 12.8. The first kappa shape index (κ1) is 11.1. The minimum atomic E-state index is -0.736. The molecule has 1 rings (SSSR count). The van der Waals surface area contributed by atoms with Crippen molar-refractivity contribution in [1.29, 1.82) is 0 Å². The van der Waals surface area contributed by atoms with Gasteiger partial charge in [0.2, 0.25) is 0 Å². The molecule has 0 unspecified atom stereocenters. The Hall–Kier alpha value is -2.02. The number of ether oxygens (including phenoxy) is 1. The smallest absolute Gasteiger partial charge is 0.317 e. The molecule has 0 radical (unpaired) electrons. The van der Waals surface area contributed by atoms with E-state index in [9.17, 15) is 14.3 Å². The molecule has 0 bridgehead atoms. The van der Waals surface area contributed by atoms with E-state index in [0.717, 1.165) is 6.07 Å². The summed E-state index contributed by atoms with van der Waals surface area (Å²) in [6.45, 7) is 0. The first-order valence-electron chi connectivity index (χ1n) is 4.18. The van der Waals surface area contributed by atoms with Crippen LogP contribution in [-0.2, 0) is 9.53 Å². The van der Waals surface area contributed by atoms with Gasteiger partial charge in [-0.2, -0.15) is 0 Å². The standard InChI is InChI=1S/C11H9FO3/c1-15-10(13)7-3-5-8-4-2-6-9(12)11(8)14/h2,4,6,14H,7H2,1H3. The number of phenolic OH excluding ortho intramolecular Hbond substituents is 1. The maximum absolute atomic E-state index is 12.8. The van der Waals surface area contributed by atoms with Crippen LogP contribution in [0.1, 0.15) is 12.0 Å². The van der Waals surface area contributed by atoms with Crippen molar-refractivity contribution < 1.29 is 19.0 Å². The van der Waals surface area contributed by atoms with Crippen LogP contribution in [0, 0.1) is 17.7 Å². The van der Waals surface area contributed by atoms with Crippen molar-refractivity contribution in [2.24, 2.45) is 0 Å². The third-order valence-corrected chi connectivity index (χ3v) is 1.67. The second-order valence-electron chi connectivity index (χ2n) is 2.69. The van der Waals surface area contributed by atoms with Crippen molar-refractivity contribution in [2.75, 3.05) is 7.11 Å². The van der Waals surface area contributed by atoms with Crippen molar-refractivity contribution in [3.05, 3.63) is 29.6 Å². The summed E-state index contributed by atoms with van der Waals surface area (Å²) in [5.41, 5.74) is 0.152. The van der Waals surface area contributed by atoms with Crippen LogP contribution in [-0.4, -0.2) is 18.2 Å². The van der Waals surface area contributed by atoms with Gasteiger partial charge in [0.15, 0.2) is 11.6 Å². The van der Waals surface area contributed by atoms with Crippen molar-refractivity contribution in [1.82, 2.24) is 0 Å². The van der Waals surface area contributed by atoms with E-state index in [1.807, 2.05) is 0 Å². The third-order valence-electron chi connectivity index (χ3n) is 1.67. The minimum Gasteiger partial charge on any atom is -0.504 e. The van der Waals surface area contributed by atoms with Crippen molar-refractivity contribution in [3.8, 4) is 17.6 Å². The predicted molar refractivity (Wildman–Crippen MR) is 51.6 cm³/mol. The van der Waals surface area contributed by atoms with Crippen LogP contribution in [0.15, 0.2) is 18.2 Å². The Kier molecular flexibility index (Phi) is 3.69. The Morgan fingerprint density at radius 1 is 1.60 bits per heavy atom. The van der Waals surface area contributed by atoms with Crippen molar-refractivity contribution in [3.63, 3.8) is 0 Å². The fraction of sp³-hybridized carbons (Fsp3) is 0.182. The van der Waals surface area contributed by atoms with Gasteiger partial charge >= 0.3 is 5.97 Å². The number of aromatic hydroxyl groups is 1. The fourth-order valence-corrected chi connectivity index (χ4v) is 0.900. The lowest BCUT2D eigenvalue weighted by Gasteiger charge is -1.96. The molecule has 1 N–H and O–H groups in total. The average molecular weight is 208 g/mol. The van der Waals surface area contributed by atoms with Crippen molar-refractivity contribution in [2.45, 2.75) is 6.42 Å². The molecular formula is C11H9FO3. The van der Waals surface area contributed by atoms with Gasteiger partial charge in [0, 0.05) is 0 Å². The number of methoxy groups -OCH3 is 1. The molecule has 15 heavy (non-hydrogen) atoms. The largest absolute Gasteiger partial charge is 0.504 e. The van der Waals surface area contributed by atoms with Gasteiger partial charge in [-0.25, -0.2) is 4.39 Å². The quantitative estimate of drug-likeness (QED) is 0.561. The van der Waals surface area contributed by atoms with E-state index < -0.39 is 17.5 Å². The molecule has 4 heteroatoms. The zero-order valence-electron chi connectivity index (χ0n) is 8.08. The molecule has 1 aromatic rings. The number of para-hydroxylation sites is 1. The molecule has 0 aliphatic heterocycles. The van der Waals surface area contributed by atoms with E-state index in [4.69, 9.17) is 0 Å². The number of halogens is 1. The number of esters is 1. The first-order chi connectivity index (χ1) is 7.15. The predicted octanol–water partition coefficient (Wildman–Crippen LogP) is 1.45. The van der Waals surface area contributed by atoms with Gasteiger partial charge in [0.25, 0.3) is 0 Å². The Morgan fingerprint density at radius 3 is 3.00 bits per heavy atom. The van der Waals surface area contributed by atoms with Gasteiger partial charge in [0.1, 0.15) is 6.42 Å². The highest BCUT2D eigenvalue weighted by atomic mass is 19.1. The lowest BCUT2D eigenvalue weighted by Crippen LogP contribution is -1.97. The molecule has 0 aliphatic carbocycles. The normalized spacial score (nSPS) is 8.93. The highest BCUT2D eigenvalue weighted by molar-refractivity contribution is 5.72. The number of hydrogen-bond acceptors (Lipinski definition) is 3. The lowest BCUT2D eigenvalue weighted by atomic mass is 10.2. The Balaban J connectivity index is 2.80. The Bertz CT molecular complexity index is 429. The van der Waals surface area contributed by atoms with Crippen LogP contribution >= 0.6 is 0 Å². The zero-order chi connectivity index (χ0) is 11.3. The topological polar surface area (TPSA) is 46.5 Å². The van der Waals surface area contributed by atoms with E-state index in [1.165, 1.54) is 19.2 Å². The van der Waals surface area contributed by atoms with Crippen molar-refractivity contribution >= 4 is 5.97 Å². The summed E-state index contributed by atoms with van der Waals surface area (Å²) in [6, 6.07) is 4.01. The lowest BCUT2D eigenvalue weighted by molar-refractivity contribution is -0.139. The molecule has 0 aromatic heterocycles. The first-order valence-corrected chi connectivity index (χ1v) is 4.18. The van der Waals surface area contributed by atoms with Crippen LogP contribution < -0.4 is 0 Å². The molecular weight excluding hydrogens is 199 g/mol. The molecule has 0 amide bonds. The minimum absolute atomic E-state index is 0.0908. The second-order valence-corrected chi connectivity index (χ2v) is 2.69. The summed E-state index contributed by atoms with van der Waals surface area (Å²) >= 11 is 0. The van der Waals surface area contributed by atoms with Gasteiger partial charge < -0.3 is 9.84 Å². The van der Waals surface area contributed by atoms with E-state index >= 15 is 0 Å². The highest BCUT2D eigenvalue weighted by Crippen LogP contribution is 2.19. The van der Waals surface area contributed by atoms with Crippen LogP contribution in [0.4, 0.5) is 4.39 Å². The summed E-state index contributed by atoms with van der Waals surface area (Å²) in [6.07, 6.45) is -0.0908. The van der Waals surface area contributed by atoms with E-state index in [0.29, 0.717) is 0 Å². The number of rotatable bonds is 1. The molecule has 0 heterocycles. The molecule has 0 aliphatic rings. The summed E-state index contributed by atoms with van der Waals surface area (Å²) in [5, 5.41) is 9.23. The maximum Gasteiger partial charge on any atom is 0.317 e. The van der Waals surface area contributed by atoms with Gasteiger partial charge in [-0.3, -0.25) is 4.79 Å². The van der Waals surface area contributed by atoms with Crippen LogP contribution in [0.5, 0.6) is 5.75 Å². The molecule has 0 saturated heterocycles. The second kappa shape index (κ2) is 5.01. The highest BCUT2D eigenvalue weighted by Gasteiger charge is 2.03. The van der Waals surface area contributed by atoms with Crippen LogP contribution in [0.25, 0.3) is 0 Å². The number of carbonyl (C=O) groups is 1. The van der Waals surface area contributed by atoms with E-state index in [1.54, 1.807) is 0 Å². The van der Waals surface area contributed by atoms with Crippen LogP contribution in [0.2, 0.25) is 0 Å². The Labute approximate surface area is 86.5 Å².